The Morgan fingerprint density at radius 1 is 1.24 bits per heavy atom. The van der Waals surface area contributed by atoms with Crippen LogP contribution in [0.3, 0.4) is 0 Å². The van der Waals surface area contributed by atoms with Gasteiger partial charge in [-0.1, -0.05) is 36.8 Å². The van der Waals surface area contributed by atoms with Gasteiger partial charge in [0.15, 0.2) is 0 Å². The number of ether oxygens (including phenoxy) is 1. The Morgan fingerprint density at radius 2 is 2.00 bits per heavy atom. The highest BCUT2D eigenvalue weighted by Crippen LogP contribution is 2.35. The molecular weight excluding hydrogens is 333 g/mol. The van der Waals surface area contributed by atoms with E-state index in [9.17, 15) is 4.39 Å². The maximum absolute atomic E-state index is 13.9. The summed E-state index contributed by atoms with van der Waals surface area (Å²) in [5.74, 6) is 0.532. The number of benzene rings is 2. The van der Waals surface area contributed by atoms with E-state index in [0.29, 0.717) is 4.47 Å². The number of hydrogen-bond donors (Lipinski definition) is 1. The van der Waals surface area contributed by atoms with E-state index in [1.165, 1.54) is 6.07 Å². The first-order chi connectivity index (χ1) is 10.1. The molecule has 0 aliphatic carbocycles. The lowest BCUT2D eigenvalue weighted by Crippen LogP contribution is -2.23. The van der Waals surface area contributed by atoms with Crippen LogP contribution in [0.1, 0.15) is 29.7 Å². The fraction of sp³-hybridized carbons (Fsp3) is 0.294. The average Bonchev–Trinajstić information content (AvgIpc) is 2.48. The summed E-state index contributed by atoms with van der Waals surface area (Å²) in [6, 6.07) is 11.0. The zero-order valence-electron chi connectivity index (χ0n) is 12.4. The van der Waals surface area contributed by atoms with Gasteiger partial charge < -0.3 is 10.1 Å². The van der Waals surface area contributed by atoms with E-state index in [4.69, 9.17) is 4.74 Å². The van der Waals surface area contributed by atoms with Crippen LogP contribution in [-0.2, 0) is 0 Å². The predicted octanol–water partition coefficient (Wildman–Crippen LogP) is 4.60. The van der Waals surface area contributed by atoms with E-state index in [0.717, 1.165) is 29.0 Å². The van der Waals surface area contributed by atoms with Gasteiger partial charge >= 0.3 is 0 Å². The Balaban J connectivity index is 2.58. The van der Waals surface area contributed by atoms with Gasteiger partial charge in [-0.05, 0) is 47.1 Å². The maximum Gasteiger partial charge on any atom is 0.137 e. The van der Waals surface area contributed by atoms with Crippen molar-refractivity contribution in [3.63, 3.8) is 0 Å². The molecule has 1 N–H and O–H groups in total. The van der Waals surface area contributed by atoms with Gasteiger partial charge in [0.25, 0.3) is 0 Å². The van der Waals surface area contributed by atoms with Gasteiger partial charge in [-0.15, -0.1) is 0 Å². The molecule has 0 spiro atoms. The van der Waals surface area contributed by atoms with Crippen LogP contribution in [0.5, 0.6) is 5.75 Å². The summed E-state index contributed by atoms with van der Waals surface area (Å²) in [4.78, 5) is 0. The number of nitrogens with one attached hydrogen (secondary N) is 1. The zero-order valence-corrected chi connectivity index (χ0v) is 14.0. The third-order valence-corrected chi connectivity index (χ3v) is 4.23. The summed E-state index contributed by atoms with van der Waals surface area (Å²) in [6.07, 6.45) is 0. The standard InChI is InChI=1S/C17H19BrFNO/c1-4-20-17(12-6-5-7-14(19)16(12)18)13-10-11(2)8-9-15(13)21-3/h5-10,17,20H,4H2,1-3H3. The molecule has 1 unspecified atom stereocenters. The molecule has 0 radical (unpaired) electrons. The van der Waals surface area contributed by atoms with Crippen molar-refractivity contribution >= 4 is 15.9 Å². The van der Waals surface area contributed by atoms with Crippen molar-refractivity contribution in [2.24, 2.45) is 0 Å². The third-order valence-electron chi connectivity index (χ3n) is 3.40. The molecule has 112 valence electrons. The Labute approximate surface area is 133 Å². The Morgan fingerprint density at radius 3 is 2.67 bits per heavy atom. The number of aryl methyl sites for hydroxylation is 1. The van der Waals surface area contributed by atoms with Crippen LogP contribution in [0.4, 0.5) is 4.39 Å². The van der Waals surface area contributed by atoms with Crippen LogP contribution in [0, 0.1) is 12.7 Å². The third kappa shape index (κ3) is 3.44. The van der Waals surface area contributed by atoms with Crippen LogP contribution in [0.2, 0.25) is 0 Å². The van der Waals surface area contributed by atoms with Crippen molar-refractivity contribution in [3.8, 4) is 5.75 Å². The maximum atomic E-state index is 13.9. The molecule has 0 fully saturated rings. The molecule has 0 amide bonds. The van der Waals surface area contributed by atoms with Gasteiger partial charge in [-0.3, -0.25) is 0 Å². The van der Waals surface area contributed by atoms with Crippen LogP contribution in [0.25, 0.3) is 0 Å². The topological polar surface area (TPSA) is 21.3 Å². The fourth-order valence-corrected chi connectivity index (χ4v) is 2.91. The quantitative estimate of drug-likeness (QED) is 0.849. The summed E-state index contributed by atoms with van der Waals surface area (Å²) in [6.45, 7) is 4.83. The van der Waals surface area contributed by atoms with Gasteiger partial charge in [-0.2, -0.15) is 0 Å². The predicted molar refractivity (Wildman–Crippen MR) is 87.4 cm³/mol. The molecule has 0 heterocycles. The van der Waals surface area contributed by atoms with Gasteiger partial charge in [-0.25, -0.2) is 4.39 Å². The molecule has 1 atom stereocenters. The molecule has 2 aromatic rings. The number of hydrogen-bond acceptors (Lipinski definition) is 2. The van der Waals surface area contributed by atoms with Crippen molar-refractivity contribution in [1.29, 1.82) is 0 Å². The molecule has 2 aromatic carbocycles. The lowest BCUT2D eigenvalue weighted by Gasteiger charge is -2.23. The molecule has 0 aromatic heterocycles. The minimum atomic E-state index is -0.262. The summed E-state index contributed by atoms with van der Waals surface area (Å²) in [5.41, 5.74) is 3.01. The summed E-state index contributed by atoms with van der Waals surface area (Å²) in [7, 11) is 1.65. The van der Waals surface area contributed by atoms with Crippen LogP contribution >= 0.6 is 15.9 Å². The lowest BCUT2D eigenvalue weighted by atomic mass is 9.96. The first-order valence-corrected chi connectivity index (χ1v) is 7.69. The minimum Gasteiger partial charge on any atom is -0.496 e. The van der Waals surface area contributed by atoms with E-state index in [1.54, 1.807) is 13.2 Å². The summed E-state index contributed by atoms with van der Waals surface area (Å²) < 4.78 is 19.8. The molecule has 0 aliphatic rings. The van der Waals surface area contributed by atoms with Gasteiger partial charge in [0.2, 0.25) is 0 Å². The van der Waals surface area contributed by atoms with Crippen molar-refractivity contribution in [3.05, 3.63) is 63.4 Å². The Kier molecular flexibility index (Phi) is 5.37. The van der Waals surface area contributed by atoms with Gasteiger partial charge in [0.05, 0.1) is 17.6 Å². The van der Waals surface area contributed by atoms with Crippen LogP contribution in [-0.4, -0.2) is 13.7 Å². The van der Waals surface area contributed by atoms with Crippen LogP contribution < -0.4 is 10.1 Å². The molecule has 4 heteroatoms. The molecular formula is C17H19BrFNO. The smallest absolute Gasteiger partial charge is 0.137 e. The molecule has 0 bridgehead atoms. The molecule has 2 rings (SSSR count). The second kappa shape index (κ2) is 7.05. The van der Waals surface area contributed by atoms with E-state index in [1.807, 2.05) is 32.0 Å². The largest absolute Gasteiger partial charge is 0.496 e. The van der Waals surface area contributed by atoms with E-state index in [-0.39, 0.29) is 11.9 Å². The van der Waals surface area contributed by atoms with Crippen molar-refractivity contribution < 1.29 is 9.13 Å². The zero-order chi connectivity index (χ0) is 15.4. The Bertz CT molecular complexity index is 630. The molecule has 0 saturated heterocycles. The highest BCUT2D eigenvalue weighted by atomic mass is 79.9. The monoisotopic (exact) mass is 351 g/mol. The van der Waals surface area contributed by atoms with Crippen molar-refractivity contribution in [2.45, 2.75) is 19.9 Å². The molecule has 0 aliphatic heterocycles. The molecule has 2 nitrogen and oxygen atoms in total. The highest BCUT2D eigenvalue weighted by Gasteiger charge is 2.21. The van der Waals surface area contributed by atoms with E-state index in [2.05, 4.69) is 27.3 Å². The van der Waals surface area contributed by atoms with Crippen molar-refractivity contribution in [1.82, 2.24) is 5.32 Å². The molecule has 21 heavy (non-hydrogen) atoms. The first-order valence-electron chi connectivity index (χ1n) is 6.90. The normalized spacial score (nSPS) is 12.2. The summed E-state index contributed by atoms with van der Waals surface area (Å²) in [5, 5.41) is 3.41. The summed E-state index contributed by atoms with van der Waals surface area (Å²) >= 11 is 3.36. The van der Waals surface area contributed by atoms with Crippen molar-refractivity contribution in [2.75, 3.05) is 13.7 Å². The number of methoxy groups -OCH3 is 1. The van der Waals surface area contributed by atoms with Gasteiger partial charge in [0, 0.05) is 5.56 Å². The SMILES string of the molecule is CCNC(c1cc(C)ccc1OC)c1cccc(F)c1Br. The minimum absolute atomic E-state index is 0.130. The number of halogens is 2. The first kappa shape index (κ1) is 16.0. The van der Waals surface area contributed by atoms with E-state index >= 15 is 0 Å². The lowest BCUT2D eigenvalue weighted by molar-refractivity contribution is 0.404. The Hall–Kier alpha value is -1.39. The number of rotatable bonds is 5. The van der Waals surface area contributed by atoms with Gasteiger partial charge in [0.1, 0.15) is 11.6 Å². The fourth-order valence-electron chi connectivity index (χ4n) is 2.41. The van der Waals surface area contributed by atoms with Crippen LogP contribution in [0.15, 0.2) is 40.9 Å². The average molecular weight is 352 g/mol. The highest BCUT2D eigenvalue weighted by molar-refractivity contribution is 9.10. The second-order valence-electron chi connectivity index (χ2n) is 4.88. The molecule has 0 saturated carbocycles. The second-order valence-corrected chi connectivity index (χ2v) is 5.67. The van der Waals surface area contributed by atoms with E-state index < -0.39 is 0 Å².